The molecule has 0 bridgehead atoms. The van der Waals surface area contributed by atoms with Crippen LogP contribution >= 0.6 is 11.8 Å². The molecule has 1 rings (SSSR count). The summed E-state index contributed by atoms with van der Waals surface area (Å²) in [6.45, 7) is 0. The summed E-state index contributed by atoms with van der Waals surface area (Å²) < 4.78 is 0. The third kappa shape index (κ3) is 1.70. The minimum Gasteiger partial charge on any atom is -0.232 e. The lowest BCUT2D eigenvalue weighted by Crippen LogP contribution is -2.13. The molecule has 0 spiro atoms. The normalized spacial score (nSPS) is 33.0. The molecule has 0 amide bonds. The van der Waals surface area contributed by atoms with E-state index in [-0.39, 0.29) is 6.10 Å². The first kappa shape index (κ1) is 5.45. The van der Waals surface area contributed by atoms with Crippen molar-refractivity contribution in [1.82, 2.24) is 0 Å². The molecule has 0 aromatic rings. The minimum absolute atomic E-state index is 0.251. The maximum absolute atomic E-state index is 10.5. The highest BCUT2D eigenvalue weighted by Gasteiger charge is 2.10. The van der Waals surface area contributed by atoms with Gasteiger partial charge in [-0.25, -0.2) is 5.11 Å². The second-order valence-electron chi connectivity index (χ2n) is 1.84. The Morgan fingerprint density at radius 2 is 2.43 bits per heavy atom. The van der Waals surface area contributed by atoms with Crippen LogP contribution < -0.4 is 0 Å². The minimum atomic E-state index is -0.251. The van der Waals surface area contributed by atoms with Gasteiger partial charge in [0.1, 0.15) is 6.10 Å². The van der Waals surface area contributed by atoms with E-state index >= 15 is 0 Å². The van der Waals surface area contributed by atoms with Crippen molar-refractivity contribution in [3.8, 4) is 0 Å². The SMILES string of the molecule is [O]C1CCCSC1. The summed E-state index contributed by atoms with van der Waals surface area (Å²) in [5.41, 5.74) is 0. The molecule has 7 heavy (non-hydrogen) atoms. The molecule has 1 atom stereocenters. The Morgan fingerprint density at radius 1 is 1.57 bits per heavy atom. The van der Waals surface area contributed by atoms with Crippen LogP contribution in [0.15, 0.2) is 0 Å². The molecule has 1 aliphatic rings. The van der Waals surface area contributed by atoms with Crippen LogP contribution in [0, 0.1) is 0 Å². The van der Waals surface area contributed by atoms with Crippen LogP contribution in [-0.2, 0) is 5.11 Å². The lowest BCUT2D eigenvalue weighted by atomic mass is 10.2. The van der Waals surface area contributed by atoms with E-state index in [9.17, 15) is 5.11 Å². The molecule has 1 unspecified atom stereocenters. The van der Waals surface area contributed by atoms with Gasteiger partial charge in [-0.2, -0.15) is 11.8 Å². The van der Waals surface area contributed by atoms with Crippen LogP contribution in [0.5, 0.6) is 0 Å². The van der Waals surface area contributed by atoms with Gasteiger partial charge in [-0.3, -0.25) is 0 Å². The molecule has 0 aliphatic carbocycles. The summed E-state index contributed by atoms with van der Waals surface area (Å²) in [6, 6.07) is 0. The van der Waals surface area contributed by atoms with Gasteiger partial charge >= 0.3 is 0 Å². The van der Waals surface area contributed by atoms with Gasteiger partial charge in [0.05, 0.1) is 0 Å². The van der Waals surface area contributed by atoms with Gasteiger partial charge in [0.15, 0.2) is 0 Å². The molecule has 1 nitrogen and oxygen atoms in total. The summed E-state index contributed by atoms with van der Waals surface area (Å²) in [7, 11) is 0. The number of rotatable bonds is 0. The van der Waals surface area contributed by atoms with Crippen molar-refractivity contribution in [2.75, 3.05) is 11.5 Å². The van der Waals surface area contributed by atoms with E-state index in [1.54, 1.807) is 11.8 Å². The van der Waals surface area contributed by atoms with Crippen molar-refractivity contribution in [2.24, 2.45) is 0 Å². The zero-order valence-electron chi connectivity index (χ0n) is 4.22. The van der Waals surface area contributed by atoms with Gasteiger partial charge in [-0.1, -0.05) is 0 Å². The van der Waals surface area contributed by atoms with Crippen LogP contribution in [0.2, 0.25) is 0 Å². The highest BCUT2D eigenvalue weighted by Crippen LogP contribution is 2.16. The molecule has 1 fully saturated rings. The Labute approximate surface area is 48.1 Å². The third-order valence-corrected chi connectivity index (χ3v) is 2.30. The van der Waals surface area contributed by atoms with E-state index in [1.807, 2.05) is 0 Å². The Morgan fingerprint density at radius 3 is 2.71 bits per heavy atom. The first-order valence-electron chi connectivity index (χ1n) is 2.63. The molecule has 1 aliphatic heterocycles. The van der Waals surface area contributed by atoms with Crippen molar-refractivity contribution < 1.29 is 5.11 Å². The summed E-state index contributed by atoms with van der Waals surface area (Å²) in [6.07, 6.45) is 1.80. The third-order valence-electron chi connectivity index (χ3n) is 1.12. The molecule has 1 radical (unpaired) electrons. The fourth-order valence-corrected chi connectivity index (χ4v) is 1.68. The number of hydrogen-bond acceptors (Lipinski definition) is 1. The fraction of sp³-hybridized carbons (Fsp3) is 1.00. The van der Waals surface area contributed by atoms with Crippen molar-refractivity contribution >= 4 is 11.8 Å². The topological polar surface area (TPSA) is 19.9 Å². The summed E-state index contributed by atoms with van der Waals surface area (Å²) in [4.78, 5) is 0. The summed E-state index contributed by atoms with van der Waals surface area (Å²) in [5.74, 6) is 2.05. The Kier molecular flexibility index (Phi) is 2.00. The molecule has 0 saturated carbocycles. The second kappa shape index (κ2) is 2.58. The zero-order chi connectivity index (χ0) is 5.11. The lowest BCUT2D eigenvalue weighted by molar-refractivity contribution is 0.0988. The Hall–Kier alpha value is 0.310. The first-order chi connectivity index (χ1) is 3.39. The Balaban J connectivity index is 2.12. The van der Waals surface area contributed by atoms with Gasteiger partial charge in [0.2, 0.25) is 0 Å². The quantitative estimate of drug-likeness (QED) is 0.468. The Bertz CT molecular complexity index is 50.0. The summed E-state index contributed by atoms with van der Waals surface area (Å²) in [5, 5.41) is 10.5. The first-order valence-corrected chi connectivity index (χ1v) is 3.78. The molecule has 0 N–H and O–H groups in total. The predicted molar refractivity (Wildman–Crippen MR) is 31.0 cm³/mol. The van der Waals surface area contributed by atoms with Crippen molar-refractivity contribution in [3.63, 3.8) is 0 Å². The highest BCUT2D eigenvalue weighted by atomic mass is 32.2. The van der Waals surface area contributed by atoms with E-state index in [4.69, 9.17) is 0 Å². The average Bonchev–Trinajstić information content (AvgIpc) is 1.69. The summed E-state index contributed by atoms with van der Waals surface area (Å²) >= 11 is 1.79. The predicted octanol–water partition coefficient (Wildman–Crippen LogP) is 1.31. The molecule has 0 aromatic carbocycles. The fourth-order valence-electron chi connectivity index (χ4n) is 0.711. The lowest BCUT2D eigenvalue weighted by Gasteiger charge is -2.12. The van der Waals surface area contributed by atoms with Gasteiger partial charge < -0.3 is 0 Å². The van der Waals surface area contributed by atoms with Gasteiger partial charge in [-0.15, -0.1) is 0 Å². The van der Waals surface area contributed by atoms with Gasteiger partial charge in [0, 0.05) is 5.75 Å². The second-order valence-corrected chi connectivity index (χ2v) is 2.99. The van der Waals surface area contributed by atoms with Gasteiger partial charge in [-0.05, 0) is 18.6 Å². The molecule has 1 heterocycles. The van der Waals surface area contributed by atoms with Crippen molar-refractivity contribution in [3.05, 3.63) is 0 Å². The van der Waals surface area contributed by atoms with Crippen molar-refractivity contribution in [2.45, 2.75) is 18.9 Å². The largest absolute Gasteiger partial charge is 0.232 e. The van der Waals surface area contributed by atoms with E-state index in [1.165, 1.54) is 5.75 Å². The van der Waals surface area contributed by atoms with Crippen LogP contribution in [0.1, 0.15) is 12.8 Å². The van der Waals surface area contributed by atoms with E-state index < -0.39 is 0 Å². The number of thioether (sulfide) groups is 1. The smallest absolute Gasteiger partial charge is 0.102 e. The van der Waals surface area contributed by atoms with E-state index in [0.717, 1.165) is 18.6 Å². The molecule has 0 aromatic heterocycles. The molecule has 1 saturated heterocycles. The average molecular weight is 117 g/mol. The monoisotopic (exact) mass is 117 g/mol. The molecular formula is C5H9OS. The van der Waals surface area contributed by atoms with Crippen LogP contribution in [0.4, 0.5) is 0 Å². The highest BCUT2D eigenvalue weighted by molar-refractivity contribution is 7.99. The molecule has 2 heteroatoms. The zero-order valence-corrected chi connectivity index (χ0v) is 5.04. The van der Waals surface area contributed by atoms with E-state index in [0.29, 0.717) is 0 Å². The standard InChI is InChI=1S/C5H9OS/c6-5-2-1-3-7-4-5/h5H,1-4H2. The molecular weight excluding hydrogens is 108 g/mol. The maximum Gasteiger partial charge on any atom is 0.102 e. The van der Waals surface area contributed by atoms with Crippen molar-refractivity contribution in [1.29, 1.82) is 0 Å². The maximum atomic E-state index is 10.5. The van der Waals surface area contributed by atoms with Crippen LogP contribution in [-0.4, -0.2) is 17.6 Å². The molecule has 41 valence electrons. The van der Waals surface area contributed by atoms with E-state index in [2.05, 4.69) is 0 Å². The van der Waals surface area contributed by atoms with Gasteiger partial charge in [0.25, 0.3) is 0 Å². The van der Waals surface area contributed by atoms with Crippen LogP contribution in [0.25, 0.3) is 0 Å². The number of hydrogen-bond donors (Lipinski definition) is 0. The van der Waals surface area contributed by atoms with Crippen LogP contribution in [0.3, 0.4) is 0 Å².